The number of hydrogen-bond acceptors (Lipinski definition) is 10. The number of aliphatic hydroxyl groups excluding tert-OH is 2. The summed E-state index contributed by atoms with van der Waals surface area (Å²) in [7, 11) is 0. The fraction of sp³-hybridized carbons (Fsp3) is 0.556. The van der Waals surface area contributed by atoms with Crippen LogP contribution in [0.15, 0.2) is 12.1 Å². The van der Waals surface area contributed by atoms with E-state index in [0.717, 1.165) is 0 Å². The number of benzene rings is 1. The Morgan fingerprint density at radius 3 is 1.53 bits per heavy atom. The van der Waals surface area contributed by atoms with Gasteiger partial charge in [0, 0.05) is 5.56 Å². The average molecular weight is 434 g/mol. The Labute approximate surface area is 172 Å². The van der Waals surface area contributed by atoms with Gasteiger partial charge in [-0.25, -0.2) is 9.59 Å². The number of ether oxygens (including phenoxy) is 6. The molecule has 0 bridgehead atoms. The third-order valence-corrected chi connectivity index (χ3v) is 3.55. The topological polar surface area (TPSA) is 170 Å². The van der Waals surface area contributed by atoms with Crippen LogP contribution in [0.1, 0.15) is 31.8 Å². The zero-order valence-electron chi connectivity index (χ0n) is 16.3. The molecule has 0 aromatic heterocycles. The summed E-state index contributed by atoms with van der Waals surface area (Å²) < 4.78 is 29.8. The Morgan fingerprint density at radius 1 is 0.667 bits per heavy atom. The zero-order valence-corrected chi connectivity index (χ0v) is 16.3. The van der Waals surface area contributed by atoms with E-state index in [0.29, 0.717) is 5.56 Å². The van der Waals surface area contributed by atoms with Crippen molar-refractivity contribution in [1.82, 2.24) is 0 Å². The molecule has 0 radical (unpaired) electrons. The van der Waals surface area contributed by atoms with Gasteiger partial charge in [0.15, 0.2) is 0 Å². The minimum atomic E-state index is -1.30. The van der Waals surface area contributed by atoms with Gasteiger partial charge in [-0.2, -0.15) is 0 Å². The molecule has 12 heteroatoms. The Morgan fingerprint density at radius 2 is 1.10 bits per heavy atom. The van der Waals surface area contributed by atoms with E-state index in [-0.39, 0.29) is 69.9 Å². The van der Waals surface area contributed by atoms with Crippen molar-refractivity contribution in [3.63, 3.8) is 0 Å². The summed E-state index contributed by atoms with van der Waals surface area (Å²) in [5.41, 5.74) is -0.0178. The number of aromatic carboxylic acids is 2. The predicted octanol–water partition coefficient (Wildman–Crippen LogP) is -0.00280. The largest absolute Gasteiger partial charge is 0.478 e. The van der Waals surface area contributed by atoms with Crippen molar-refractivity contribution in [3.05, 3.63) is 34.4 Å². The van der Waals surface area contributed by atoms with E-state index in [1.54, 1.807) is 0 Å². The lowest BCUT2D eigenvalue weighted by atomic mass is 9.98. The van der Waals surface area contributed by atoms with Crippen LogP contribution < -0.4 is 0 Å². The van der Waals surface area contributed by atoms with Gasteiger partial charge in [0.1, 0.15) is 27.2 Å². The van der Waals surface area contributed by atoms with Crippen LogP contribution in [0.3, 0.4) is 0 Å². The van der Waals surface area contributed by atoms with Crippen LogP contribution in [0.4, 0.5) is 0 Å². The highest BCUT2D eigenvalue weighted by molar-refractivity contribution is 5.97. The molecule has 0 saturated heterocycles. The number of aliphatic hydroxyl groups is 2. The predicted molar refractivity (Wildman–Crippen MR) is 97.7 cm³/mol. The molecule has 4 N–H and O–H groups in total. The minimum Gasteiger partial charge on any atom is -0.478 e. The molecule has 1 aromatic carbocycles. The summed E-state index contributed by atoms with van der Waals surface area (Å²) in [6.07, 6.45) is 0. The third-order valence-electron chi connectivity index (χ3n) is 3.55. The van der Waals surface area contributed by atoms with Crippen LogP contribution in [0.5, 0.6) is 0 Å². The van der Waals surface area contributed by atoms with E-state index in [1.165, 1.54) is 12.1 Å². The first-order valence-electron chi connectivity index (χ1n) is 8.81. The molecule has 0 aliphatic rings. The summed E-state index contributed by atoms with van der Waals surface area (Å²) in [4.78, 5) is 23.2. The van der Waals surface area contributed by atoms with Crippen molar-refractivity contribution in [1.29, 1.82) is 0 Å². The summed E-state index contributed by atoms with van der Waals surface area (Å²) >= 11 is 0. The molecule has 0 aliphatic heterocycles. The molecular formula is C18H26O12. The van der Waals surface area contributed by atoms with E-state index in [2.05, 4.69) is 9.47 Å². The molecule has 1 rings (SSSR count). The molecule has 0 heterocycles. The van der Waals surface area contributed by atoms with Gasteiger partial charge in [0.2, 0.25) is 0 Å². The lowest BCUT2D eigenvalue weighted by Crippen LogP contribution is -2.15. The molecule has 0 aliphatic carbocycles. The van der Waals surface area contributed by atoms with Gasteiger partial charge < -0.3 is 48.8 Å². The van der Waals surface area contributed by atoms with E-state index in [9.17, 15) is 19.8 Å². The third kappa shape index (κ3) is 10.0. The van der Waals surface area contributed by atoms with Crippen molar-refractivity contribution in [2.45, 2.75) is 13.2 Å². The summed E-state index contributed by atoms with van der Waals surface area (Å²) in [5, 5.41) is 35.8. The SMILES string of the molecule is O=C(O)c1cc(COCCOCOCO)cc(C(=O)O)c1COCCOCOCO. The molecule has 0 atom stereocenters. The molecular weight excluding hydrogens is 408 g/mol. The lowest BCUT2D eigenvalue weighted by Gasteiger charge is -2.14. The fourth-order valence-electron chi connectivity index (χ4n) is 2.26. The Bertz CT molecular complexity index is 613. The quantitative estimate of drug-likeness (QED) is 0.180. The Balaban J connectivity index is 2.69. The number of hydrogen-bond donors (Lipinski definition) is 4. The second-order valence-electron chi connectivity index (χ2n) is 5.60. The highest BCUT2D eigenvalue weighted by atomic mass is 16.7. The van der Waals surface area contributed by atoms with Crippen molar-refractivity contribution in [2.24, 2.45) is 0 Å². The second kappa shape index (κ2) is 15.6. The first kappa shape index (κ1) is 25.9. The van der Waals surface area contributed by atoms with Gasteiger partial charge in [0.05, 0.1) is 50.8 Å². The van der Waals surface area contributed by atoms with E-state index < -0.39 is 25.5 Å². The van der Waals surface area contributed by atoms with Gasteiger partial charge in [-0.05, 0) is 17.7 Å². The molecule has 0 fully saturated rings. The van der Waals surface area contributed by atoms with Crippen molar-refractivity contribution >= 4 is 11.9 Å². The van der Waals surface area contributed by atoms with Crippen molar-refractivity contribution in [2.75, 3.05) is 53.6 Å². The smallest absolute Gasteiger partial charge is 0.336 e. The maximum atomic E-state index is 11.6. The van der Waals surface area contributed by atoms with Crippen LogP contribution in [-0.4, -0.2) is 86.0 Å². The maximum Gasteiger partial charge on any atom is 0.336 e. The van der Waals surface area contributed by atoms with Crippen LogP contribution in [0, 0.1) is 0 Å². The molecule has 0 saturated carbocycles. The van der Waals surface area contributed by atoms with Gasteiger partial charge >= 0.3 is 11.9 Å². The van der Waals surface area contributed by atoms with Crippen LogP contribution in [-0.2, 0) is 41.6 Å². The Kier molecular flexibility index (Phi) is 13.5. The van der Waals surface area contributed by atoms with Crippen LogP contribution in [0.25, 0.3) is 0 Å². The van der Waals surface area contributed by atoms with Crippen LogP contribution >= 0.6 is 0 Å². The molecule has 30 heavy (non-hydrogen) atoms. The van der Waals surface area contributed by atoms with Gasteiger partial charge in [-0.15, -0.1) is 0 Å². The highest BCUT2D eigenvalue weighted by Gasteiger charge is 2.20. The highest BCUT2D eigenvalue weighted by Crippen LogP contribution is 2.21. The second-order valence-corrected chi connectivity index (χ2v) is 5.60. The van der Waals surface area contributed by atoms with Crippen LogP contribution in [0.2, 0.25) is 0 Å². The van der Waals surface area contributed by atoms with Gasteiger partial charge in [-0.3, -0.25) is 0 Å². The van der Waals surface area contributed by atoms with Gasteiger partial charge in [0.25, 0.3) is 0 Å². The van der Waals surface area contributed by atoms with Crippen molar-refractivity contribution < 1.29 is 58.4 Å². The fourth-order valence-corrected chi connectivity index (χ4v) is 2.26. The molecule has 0 spiro atoms. The van der Waals surface area contributed by atoms with E-state index >= 15 is 0 Å². The summed E-state index contributed by atoms with van der Waals surface area (Å²) in [6, 6.07) is 2.66. The first-order chi connectivity index (χ1) is 14.5. The maximum absolute atomic E-state index is 11.6. The molecule has 12 nitrogen and oxygen atoms in total. The number of carboxylic acids is 2. The molecule has 0 amide bonds. The summed E-state index contributed by atoms with van der Waals surface area (Å²) in [5.74, 6) is -2.59. The lowest BCUT2D eigenvalue weighted by molar-refractivity contribution is -0.116. The molecule has 0 unspecified atom stereocenters. The zero-order chi connectivity index (χ0) is 22.2. The molecule has 1 aromatic rings. The molecule has 170 valence electrons. The summed E-state index contributed by atoms with van der Waals surface area (Å²) in [6.45, 7) is -0.920. The number of carboxylic acid groups (broad SMARTS) is 2. The Hall–Kier alpha value is -2.16. The average Bonchev–Trinajstić information content (AvgIpc) is 2.72. The number of carbonyl (C=O) groups is 2. The van der Waals surface area contributed by atoms with E-state index in [4.69, 9.17) is 29.2 Å². The minimum absolute atomic E-state index is 0.0230. The van der Waals surface area contributed by atoms with Crippen molar-refractivity contribution in [3.8, 4) is 0 Å². The normalized spacial score (nSPS) is 11.0. The monoisotopic (exact) mass is 434 g/mol. The number of rotatable bonds is 18. The van der Waals surface area contributed by atoms with Gasteiger partial charge in [-0.1, -0.05) is 0 Å². The first-order valence-corrected chi connectivity index (χ1v) is 8.81. The van der Waals surface area contributed by atoms with E-state index in [1.807, 2.05) is 0 Å². The standard InChI is InChI=1S/C18H26O12/c19-9-29-11-27-3-1-25-7-13-5-14(17(21)22)16(15(6-13)18(23)24)8-26-2-4-28-12-30-10-20/h5-6,19-20H,1-4,7-12H2,(H,21,22)(H,23,24).